The lowest BCUT2D eigenvalue weighted by Crippen LogP contribution is -2.37. The first-order chi connectivity index (χ1) is 38.2. The quantitative estimate of drug-likeness (QED) is 0.0172. The van der Waals surface area contributed by atoms with Crippen molar-refractivity contribution >= 4 is 64.6 Å². The number of pyridine rings is 2. The van der Waals surface area contributed by atoms with E-state index in [1.54, 1.807) is 12.1 Å². The van der Waals surface area contributed by atoms with E-state index in [4.69, 9.17) is 0 Å². The molecule has 0 bridgehead atoms. The van der Waals surface area contributed by atoms with Gasteiger partial charge in [0.1, 0.15) is 0 Å². The SMILES string of the molecule is CCCCCCCCCCCC(CCCCCCCCCCC)n1c(O)c2ccc3c4c(=N)cc5c(=O)n(C(CCCCCCCCCCC)CCCCCCCCCCC)c(=O)c6cc(=N)c(c7ccc(c1O)c2c37)c4c56. The molecule has 5 aromatic carbocycles. The minimum atomic E-state index is -0.317. The summed E-state index contributed by atoms with van der Waals surface area (Å²) in [6, 6.07) is 10.9. The van der Waals surface area contributed by atoms with Gasteiger partial charge in [-0.3, -0.25) is 18.7 Å². The Morgan fingerprint density at radius 2 is 0.564 bits per heavy atom. The van der Waals surface area contributed by atoms with E-state index < -0.39 is 0 Å². The fraction of sp³-hybridized carbons (Fsp3) is 0.657. The zero-order valence-electron chi connectivity index (χ0n) is 49.5. The molecule has 7 rings (SSSR count). The Balaban J connectivity index is 1.23. The number of aromatic nitrogens is 2. The van der Waals surface area contributed by atoms with E-state index in [0.717, 1.165) is 93.2 Å². The van der Waals surface area contributed by atoms with Crippen LogP contribution in [0.25, 0.3) is 64.6 Å². The Hall–Kier alpha value is -4.72. The highest BCUT2D eigenvalue weighted by Crippen LogP contribution is 2.48. The van der Waals surface area contributed by atoms with Crippen molar-refractivity contribution in [2.24, 2.45) is 0 Å². The van der Waals surface area contributed by atoms with Gasteiger partial charge in [0.2, 0.25) is 11.8 Å². The number of hydrogen-bond donors (Lipinski definition) is 4. The second-order valence-corrected chi connectivity index (χ2v) is 24.3. The van der Waals surface area contributed by atoms with Crippen LogP contribution >= 0.6 is 0 Å². The maximum absolute atomic E-state index is 15.1. The summed E-state index contributed by atoms with van der Waals surface area (Å²) >= 11 is 0. The molecule has 0 saturated carbocycles. The van der Waals surface area contributed by atoms with Crippen LogP contribution in [-0.2, 0) is 0 Å². The molecular formula is C70H104N4O4. The number of nitrogens with one attached hydrogen (secondary N) is 2. The van der Waals surface area contributed by atoms with Crippen molar-refractivity contribution in [3.8, 4) is 11.8 Å². The van der Waals surface area contributed by atoms with Gasteiger partial charge in [0, 0.05) is 49.8 Å². The van der Waals surface area contributed by atoms with Gasteiger partial charge in [-0.1, -0.05) is 271 Å². The first-order valence-electron chi connectivity index (χ1n) is 32.7. The lowest BCUT2D eigenvalue weighted by molar-refractivity contribution is 0.299. The zero-order valence-corrected chi connectivity index (χ0v) is 49.5. The zero-order chi connectivity index (χ0) is 55.2. The minimum Gasteiger partial charge on any atom is -0.494 e. The lowest BCUT2D eigenvalue weighted by atomic mass is 9.85. The summed E-state index contributed by atoms with van der Waals surface area (Å²) in [5.41, 5.74) is -0.634. The van der Waals surface area contributed by atoms with Crippen LogP contribution in [0, 0.1) is 10.8 Å². The van der Waals surface area contributed by atoms with Gasteiger partial charge < -0.3 is 21.0 Å². The summed E-state index contributed by atoms with van der Waals surface area (Å²) in [6.45, 7) is 9.04. The molecule has 8 nitrogen and oxygen atoms in total. The first kappa shape index (κ1) is 60.9. The van der Waals surface area contributed by atoms with Crippen molar-refractivity contribution in [2.75, 3.05) is 0 Å². The Kier molecular flexibility index (Phi) is 24.9. The number of fused-ring (bicyclic) bond motifs is 2. The molecule has 78 heavy (non-hydrogen) atoms. The molecule has 0 atom stereocenters. The van der Waals surface area contributed by atoms with Crippen LogP contribution in [0.15, 0.2) is 46.0 Å². The van der Waals surface area contributed by atoms with Gasteiger partial charge in [-0.05, 0) is 66.1 Å². The standard InChI is InChI=1S/C70H104N4O4/c1-5-9-13-17-21-25-29-33-37-41-51(42-38-34-30-26-22-18-14-10-6-2)73-67(75)55-47-45-53-61-54(46-48-56(62(55)61)68(73)76)65-60(72)50-58-63-57(49-59(71)64(53)66(63)65)69(77)74(70(58)78)52(43-39-35-31-27-23-19-15-11-7-3)44-40-36-32-28-24-20-16-12-8-4/h45-52,71-72,75-76H,5-44H2,1-4H3. The molecule has 428 valence electrons. The fourth-order valence-corrected chi connectivity index (χ4v) is 13.8. The third kappa shape index (κ3) is 15.0. The Morgan fingerprint density at radius 1 is 0.321 bits per heavy atom. The largest absolute Gasteiger partial charge is 0.494 e. The van der Waals surface area contributed by atoms with Crippen LogP contribution < -0.4 is 21.8 Å². The predicted octanol–water partition coefficient (Wildman–Crippen LogP) is 20.4. The Labute approximate surface area is 468 Å². The van der Waals surface area contributed by atoms with Gasteiger partial charge in [-0.25, -0.2) is 0 Å². The number of unbranched alkanes of at least 4 members (excludes halogenated alkanes) is 32. The highest BCUT2D eigenvalue weighted by atomic mass is 16.3. The van der Waals surface area contributed by atoms with Crippen LogP contribution in [0.2, 0.25) is 0 Å². The average molecular weight is 1070 g/mol. The minimum absolute atomic E-state index is 0.0597. The van der Waals surface area contributed by atoms with E-state index in [1.807, 2.05) is 28.8 Å². The third-order valence-electron chi connectivity index (χ3n) is 18.2. The van der Waals surface area contributed by atoms with Crippen molar-refractivity contribution in [1.29, 1.82) is 10.8 Å². The van der Waals surface area contributed by atoms with Crippen molar-refractivity contribution in [2.45, 2.75) is 297 Å². The molecule has 2 aromatic heterocycles. The molecule has 0 radical (unpaired) electrons. The van der Waals surface area contributed by atoms with Crippen molar-refractivity contribution < 1.29 is 10.2 Å². The Morgan fingerprint density at radius 3 is 0.872 bits per heavy atom. The van der Waals surface area contributed by atoms with E-state index in [-0.39, 0.29) is 45.7 Å². The van der Waals surface area contributed by atoms with Crippen LogP contribution in [0.1, 0.15) is 297 Å². The Bertz CT molecular complexity index is 2940. The molecule has 4 N–H and O–H groups in total. The topological polar surface area (TPSA) is 132 Å². The summed E-state index contributed by atoms with van der Waals surface area (Å²) in [6.07, 6.45) is 47.4. The van der Waals surface area contributed by atoms with E-state index in [2.05, 4.69) is 27.7 Å². The van der Waals surface area contributed by atoms with Gasteiger partial charge in [0.15, 0.2) is 0 Å². The lowest BCUT2D eigenvalue weighted by Gasteiger charge is -2.27. The molecule has 8 heteroatoms. The summed E-state index contributed by atoms with van der Waals surface area (Å²) in [5, 5.41) is 52.3. The predicted molar refractivity (Wildman–Crippen MR) is 334 cm³/mol. The van der Waals surface area contributed by atoms with Crippen molar-refractivity contribution in [3.05, 3.63) is 67.8 Å². The molecule has 2 heterocycles. The second-order valence-electron chi connectivity index (χ2n) is 24.3. The summed E-state index contributed by atoms with van der Waals surface area (Å²) in [7, 11) is 0. The van der Waals surface area contributed by atoms with Crippen LogP contribution in [0.3, 0.4) is 0 Å². The number of hydrogen-bond acceptors (Lipinski definition) is 6. The van der Waals surface area contributed by atoms with Gasteiger partial charge in [0.05, 0.1) is 21.5 Å². The molecule has 0 aliphatic carbocycles. The second kappa shape index (κ2) is 31.9. The van der Waals surface area contributed by atoms with Crippen LogP contribution in [0.4, 0.5) is 0 Å². The van der Waals surface area contributed by atoms with Crippen LogP contribution in [-0.4, -0.2) is 19.3 Å². The fourth-order valence-electron chi connectivity index (χ4n) is 13.8. The van der Waals surface area contributed by atoms with Gasteiger partial charge in [-0.2, -0.15) is 0 Å². The molecule has 0 unspecified atom stereocenters. The van der Waals surface area contributed by atoms with Crippen LogP contribution in [0.5, 0.6) is 11.8 Å². The average Bonchev–Trinajstić information content (AvgIpc) is 3.57. The third-order valence-corrected chi connectivity index (χ3v) is 18.2. The van der Waals surface area contributed by atoms with E-state index in [1.165, 1.54) is 184 Å². The maximum Gasteiger partial charge on any atom is 0.261 e. The summed E-state index contributed by atoms with van der Waals surface area (Å²) in [4.78, 5) is 30.2. The van der Waals surface area contributed by atoms with Crippen molar-refractivity contribution in [1.82, 2.24) is 9.13 Å². The summed E-state index contributed by atoms with van der Waals surface area (Å²) in [5.74, 6) is 0.119. The van der Waals surface area contributed by atoms with Crippen molar-refractivity contribution in [3.63, 3.8) is 0 Å². The normalized spacial score (nSPS) is 12.4. The van der Waals surface area contributed by atoms with E-state index >= 15 is 9.59 Å². The maximum atomic E-state index is 15.1. The molecule has 7 aromatic rings. The smallest absolute Gasteiger partial charge is 0.261 e. The highest BCUT2D eigenvalue weighted by Gasteiger charge is 2.28. The van der Waals surface area contributed by atoms with Gasteiger partial charge in [0.25, 0.3) is 11.1 Å². The van der Waals surface area contributed by atoms with Gasteiger partial charge in [-0.15, -0.1) is 0 Å². The van der Waals surface area contributed by atoms with Gasteiger partial charge >= 0.3 is 0 Å². The number of aromatic hydroxyl groups is 2. The molecule has 0 aliphatic heterocycles. The molecule has 0 fully saturated rings. The molecule has 0 saturated heterocycles. The molecule has 0 amide bonds. The highest BCUT2D eigenvalue weighted by molar-refractivity contribution is 6.39. The number of nitrogens with zero attached hydrogens (tertiary/aromatic N) is 2. The van der Waals surface area contributed by atoms with E-state index in [9.17, 15) is 21.0 Å². The number of benzene rings is 5. The summed E-state index contributed by atoms with van der Waals surface area (Å²) < 4.78 is 3.36. The first-order valence-corrected chi connectivity index (χ1v) is 32.7. The monoisotopic (exact) mass is 1060 g/mol. The molecular weight excluding hydrogens is 961 g/mol. The van der Waals surface area contributed by atoms with E-state index in [0.29, 0.717) is 48.5 Å². The number of rotatable bonds is 42. The molecule has 0 aliphatic rings. The molecule has 0 spiro atoms.